The SMILES string of the molecule is CCCCC/C=C\C/C=C\C/C=C\CCCCC(=O)O[C@@H](COC(=O)CCCCCCCCCCCCCCC)COC(=O)CCCCCCCCCCCCCCCCCCCCCCC. The molecule has 0 bridgehead atoms. The van der Waals surface area contributed by atoms with Gasteiger partial charge in [0.25, 0.3) is 0 Å². The molecule has 0 aliphatic rings. The summed E-state index contributed by atoms with van der Waals surface area (Å²) in [7, 11) is 0. The van der Waals surface area contributed by atoms with E-state index in [1.807, 2.05) is 0 Å². The molecule has 0 aliphatic carbocycles. The topological polar surface area (TPSA) is 78.9 Å². The third-order valence-electron chi connectivity index (χ3n) is 13.1. The average molecular weight is 942 g/mol. The Kier molecular flexibility index (Phi) is 54.2. The van der Waals surface area contributed by atoms with Gasteiger partial charge in [-0.15, -0.1) is 0 Å². The van der Waals surface area contributed by atoms with Crippen molar-refractivity contribution in [2.24, 2.45) is 0 Å². The molecular weight excluding hydrogens is 829 g/mol. The van der Waals surface area contributed by atoms with Crippen LogP contribution in [0.3, 0.4) is 0 Å². The van der Waals surface area contributed by atoms with Gasteiger partial charge in [0.15, 0.2) is 6.10 Å². The zero-order valence-corrected chi connectivity index (χ0v) is 44.9. The Labute approximate surface area is 416 Å². The molecule has 392 valence electrons. The number of carbonyl (C=O) groups excluding carboxylic acids is 3. The second-order valence-electron chi connectivity index (χ2n) is 19.9. The third-order valence-corrected chi connectivity index (χ3v) is 13.1. The van der Waals surface area contributed by atoms with E-state index >= 15 is 0 Å². The predicted octanol–water partition coefficient (Wildman–Crippen LogP) is 19.7. The Balaban J connectivity index is 4.32. The third kappa shape index (κ3) is 54.4. The van der Waals surface area contributed by atoms with Gasteiger partial charge in [0.1, 0.15) is 13.2 Å². The molecular formula is C61H112O6. The van der Waals surface area contributed by atoms with Gasteiger partial charge in [-0.25, -0.2) is 0 Å². The van der Waals surface area contributed by atoms with Gasteiger partial charge in [-0.3, -0.25) is 14.4 Å². The summed E-state index contributed by atoms with van der Waals surface area (Å²) in [5, 5.41) is 0. The maximum Gasteiger partial charge on any atom is 0.306 e. The number of allylic oxidation sites excluding steroid dienone is 6. The maximum absolute atomic E-state index is 12.8. The van der Waals surface area contributed by atoms with Gasteiger partial charge >= 0.3 is 17.9 Å². The summed E-state index contributed by atoms with van der Waals surface area (Å²) in [6.07, 6.45) is 67.2. The lowest BCUT2D eigenvalue weighted by molar-refractivity contribution is -0.167. The first-order valence-electron chi connectivity index (χ1n) is 29.5. The van der Waals surface area contributed by atoms with Crippen molar-refractivity contribution in [2.75, 3.05) is 13.2 Å². The van der Waals surface area contributed by atoms with Crippen LogP contribution < -0.4 is 0 Å². The lowest BCUT2D eigenvalue weighted by Gasteiger charge is -2.18. The number of carbonyl (C=O) groups is 3. The summed E-state index contributed by atoms with van der Waals surface area (Å²) < 4.78 is 16.8. The first-order valence-corrected chi connectivity index (χ1v) is 29.5. The highest BCUT2D eigenvalue weighted by Gasteiger charge is 2.19. The van der Waals surface area contributed by atoms with Crippen molar-refractivity contribution in [3.63, 3.8) is 0 Å². The Bertz CT molecular complexity index is 1130. The second kappa shape index (κ2) is 56.2. The summed E-state index contributed by atoms with van der Waals surface area (Å²) in [6.45, 7) is 6.62. The highest BCUT2D eigenvalue weighted by molar-refractivity contribution is 5.71. The van der Waals surface area contributed by atoms with Crippen LogP contribution in [-0.2, 0) is 28.6 Å². The van der Waals surface area contributed by atoms with Crippen molar-refractivity contribution >= 4 is 17.9 Å². The van der Waals surface area contributed by atoms with Crippen molar-refractivity contribution in [3.8, 4) is 0 Å². The highest BCUT2D eigenvalue weighted by Crippen LogP contribution is 2.17. The van der Waals surface area contributed by atoms with Gasteiger partial charge in [-0.2, -0.15) is 0 Å². The zero-order chi connectivity index (χ0) is 48.6. The van der Waals surface area contributed by atoms with Crippen molar-refractivity contribution < 1.29 is 28.6 Å². The van der Waals surface area contributed by atoms with E-state index in [0.717, 1.165) is 64.2 Å². The summed E-state index contributed by atoms with van der Waals surface area (Å²) in [5.74, 6) is -0.902. The largest absolute Gasteiger partial charge is 0.462 e. The van der Waals surface area contributed by atoms with Gasteiger partial charge in [-0.1, -0.05) is 276 Å². The minimum absolute atomic E-state index is 0.0826. The molecule has 0 fully saturated rings. The lowest BCUT2D eigenvalue weighted by Crippen LogP contribution is -2.30. The van der Waals surface area contributed by atoms with Crippen molar-refractivity contribution in [1.82, 2.24) is 0 Å². The fraction of sp³-hybridized carbons (Fsp3) is 0.852. The molecule has 6 heteroatoms. The van der Waals surface area contributed by atoms with Crippen LogP contribution >= 0.6 is 0 Å². The normalized spacial score (nSPS) is 12.2. The number of unbranched alkanes of at least 4 members (excludes halogenated alkanes) is 37. The molecule has 0 saturated carbocycles. The van der Waals surface area contributed by atoms with Crippen LogP contribution in [0, 0.1) is 0 Å². The van der Waals surface area contributed by atoms with E-state index in [1.165, 1.54) is 205 Å². The lowest BCUT2D eigenvalue weighted by atomic mass is 10.0. The Hall–Kier alpha value is -2.37. The quantitative estimate of drug-likeness (QED) is 0.0262. The molecule has 0 spiro atoms. The maximum atomic E-state index is 12.8. The minimum Gasteiger partial charge on any atom is -0.462 e. The number of ether oxygens (including phenoxy) is 3. The van der Waals surface area contributed by atoms with Gasteiger partial charge in [0, 0.05) is 19.3 Å². The summed E-state index contributed by atoms with van der Waals surface area (Å²) >= 11 is 0. The summed E-state index contributed by atoms with van der Waals surface area (Å²) in [4.78, 5) is 38.1. The van der Waals surface area contributed by atoms with Crippen LogP contribution in [0.15, 0.2) is 36.5 Å². The molecule has 0 amide bonds. The van der Waals surface area contributed by atoms with E-state index in [4.69, 9.17) is 14.2 Å². The second-order valence-corrected chi connectivity index (χ2v) is 19.9. The molecule has 0 aromatic carbocycles. The molecule has 0 aromatic rings. The van der Waals surface area contributed by atoms with E-state index in [2.05, 4.69) is 57.2 Å². The van der Waals surface area contributed by atoms with E-state index in [0.29, 0.717) is 19.3 Å². The zero-order valence-electron chi connectivity index (χ0n) is 44.9. The molecule has 0 N–H and O–H groups in total. The van der Waals surface area contributed by atoms with Crippen LogP contribution in [-0.4, -0.2) is 37.2 Å². The van der Waals surface area contributed by atoms with Gasteiger partial charge < -0.3 is 14.2 Å². The molecule has 0 saturated heterocycles. The van der Waals surface area contributed by atoms with E-state index in [-0.39, 0.29) is 37.5 Å². The van der Waals surface area contributed by atoms with Crippen LogP contribution in [0.25, 0.3) is 0 Å². The number of hydrogen-bond donors (Lipinski definition) is 0. The fourth-order valence-electron chi connectivity index (χ4n) is 8.69. The van der Waals surface area contributed by atoms with E-state index < -0.39 is 6.10 Å². The molecule has 0 aliphatic heterocycles. The van der Waals surface area contributed by atoms with Crippen LogP contribution in [0.2, 0.25) is 0 Å². The number of esters is 3. The minimum atomic E-state index is -0.787. The molecule has 0 heterocycles. The predicted molar refractivity (Wildman–Crippen MR) is 289 cm³/mol. The Morgan fingerprint density at radius 1 is 0.299 bits per heavy atom. The van der Waals surface area contributed by atoms with Crippen LogP contribution in [0.4, 0.5) is 0 Å². The number of hydrogen-bond acceptors (Lipinski definition) is 6. The number of rotatable bonds is 54. The van der Waals surface area contributed by atoms with E-state index in [1.54, 1.807) is 0 Å². The van der Waals surface area contributed by atoms with Crippen molar-refractivity contribution in [1.29, 1.82) is 0 Å². The summed E-state index contributed by atoms with van der Waals surface area (Å²) in [5.41, 5.74) is 0. The van der Waals surface area contributed by atoms with Crippen LogP contribution in [0.5, 0.6) is 0 Å². The molecule has 0 radical (unpaired) electrons. The monoisotopic (exact) mass is 941 g/mol. The molecule has 1 atom stereocenters. The fourth-order valence-corrected chi connectivity index (χ4v) is 8.69. The molecule has 0 rings (SSSR count). The van der Waals surface area contributed by atoms with Gasteiger partial charge in [0.05, 0.1) is 0 Å². The molecule has 6 nitrogen and oxygen atoms in total. The van der Waals surface area contributed by atoms with Crippen molar-refractivity contribution in [2.45, 2.75) is 322 Å². The highest BCUT2D eigenvalue weighted by atomic mass is 16.6. The van der Waals surface area contributed by atoms with Crippen LogP contribution in [0.1, 0.15) is 316 Å². The Morgan fingerprint density at radius 3 is 0.866 bits per heavy atom. The molecule has 0 unspecified atom stereocenters. The van der Waals surface area contributed by atoms with Gasteiger partial charge in [-0.05, 0) is 57.8 Å². The average Bonchev–Trinajstić information content (AvgIpc) is 3.33. The smallest absolute Gasteiger partial charge is 0.306 e. The first kappa shape index (κ1) is 64.6. The standard InChI is InChI=1S/C61H112O6/c1-4-7-10-13-16-19-22-25-27-28-29-30-31-32-34-36-39-42-45-48-51-54-60(63)66-57-58(56-65-59(62)53-50-47-44-41-38-35-24-21-18-15-12-9-6-3)67-61(64)55-52-49-46-43-40-37-33-26-23-20-17-14-11-8-5-2/h17,20,26,33,40,43,58H,4-16,18-19,21-25,27-32,34-39,41-42,44-57H2,1-3H3/b20-17-,33-26-,43-40-/t58-/m0/s1. The summed E-state index contributed by atoms with van der Waals surface area (Å²) in [6, 6.07) is 0. The Morgan fingerprint density at radius 2 is 0.537 bits per heavy atom. The van der Waals surface area contributed by atoms with Crippen molar-refractivity contribution in [3.05, 3.63) is 36.5 Å². The van der Waals surface area contributed by atoms with Gasteiger partial charge in [0.2, 0.25) is 0 Å². The first-order chi connectivity index (χ1) is 33.0. The molecule has 0 aromatic heterocycles. The molecule has 67 heavy (non-hydrogen) atoms. The van der Waals surface area contributed by atoms with E-state index in [9.17, 15) is 14.4 Å².